The van der Waals surface area contributed by atoms with Crippen LogP contribution in [0.1, 0.15) is 59.2 Å². The molecule has 1 aliphatic rings. The van der Waals surface area contributed by atoms with Crippen LogP contribution in [0, 0.1) is 13.8 Å². The van der Waals surface area contributed by atoms with Crippen molar-refractivity contribution in [1.82, 2.24) is 5.32 Å². The van der Waals surface area contributed by atoms with Crippen LogP contribution in [0.4, 0.5) is 5.69 Å². The van der Waals surface area contributed by atoms with E-state index in [1.807, 2.05) is 19.1 Å². The Morgan fingerprint density at radius 3 is 2.55 bits per heavy atom. The average Bonchev–Trinajstić information content (AvgIpc) is 3.16. The molecule has 3 rings (SSSR count). The maximum absolute atomic E-state index is 11.9. The summed E-state index contributed by atoms with van der Waals surface area (Å²) in [4.78, 5) is 11.9. The Bertz CT molecular complexity index is 888. The highest BCUT2D eigenvalue weighted by atomic mass is 32.1. The molecule has 4 nitrogen and oxygen atoms in total. The van der Waals surface area contributed by atoms with Crippen molar-refractivity contribution in [2.24, 2.45) is 0 Å². The molecular weight excluding hydrogens is 380 g/mol. The van der Waals surface area contributed by atoms with Gasteiger partial charge in [-0.2, -0.15) is 0 Å². The first-order valence-electron chi connectivity index (χ1n) is 10.3. The molecule has 154 valence electrons. The molecule has 1 aliphatic carbocycles. The number of carbonyl (C=O) groups is 1. The molecule has 2 N–H and O–H groups in total. The van der Waals surface area contributed by atoms with Crippen LogP contribution >= 0.6 is 12.2 Å². The fourth-order valence-electron chi connectivity index (χ4n) is 4.24. The molecule has 1 fully saturated rings. The van der Waals surface area contributed by atoms with Gasteiger partial charge in [0.25, 0.3) is 0 Å². The third-order valence-corrected chi connectivity index (χ3v) is 6.11. The summed E-state index contributed by atoms with van der Waals surface area (Å²) in [5.41, 5.74) is 4.92. The SMILES string of the molecule is COC(=O)c1cccc(NC(=S)NC2(CCc3cccc(C)c3)CCCC2)c1C. The van der Waals surface area contributed by atoms with Crippen molar-refractivity contribution in [2.45, 2.75) is 57.9 Å². The molecule has 0 aliphatic heterocycles. The number of anilines is 1. The lowest BCUT2D eigenvalue weighted by Gasteiger charge is -2.32. The Balaban J connectivity index is 1.68. The summed E-state index contributed by atoms with van der Waals surface area (Å²) in [6.45, 7) is 4.04. The molecule has 29 heavy (non-hydrogen) atoms. The molecule has 5 heteroatoms. The first kappa shape index (κ1) is 21.3. The summed E-state index contributed by atoms with van der Waals surface area (Å²) in [7, 11) is 1.39. The number of rotatable bonds is 6. The standard InChI is InChI=1S/C24H30N2O2S/c1-17-8-6-9-19(16-17)12-15-24(13-4-5-14-24)26-23(29)25-21-11-7-10-20(18(21)2)22(27)28-3/h6-11,16H,4-5,12-15H2,1-3H3,(H2,25,26,29). The molecule has 0 saturated heterocycles. The van der Waals surface area contributed by atoms with Crippen LogP contribution < -0.4 is 10.6 Å². The van der Waals surface area contributed by atoms with Crippen molar-refractivity contribution < 1.29 is 9.53 Å². The third kappa shape index (κ3) is 5.36. The Morgan fingerprint density at radius 1 is 1.14 bits per heavy atom. The number of carbonyl (C=O) groups excluding carboxylic acids is 1. The first-order valence-corrected chi connectivity index (χ1v) is 10.7. The molecule has 0 unspecified atom stereocenters. The third-order valence-electron chi connectivity index (χ3n) is 5.90. The van der Waals surface area contributed by atoms with E-state index in [9.17, 15) is 4.79 Å². The highest BCUT2D eigenvalue weighted by Gasteiger charge is 2.34. The summed E-state index contributed by atoms with van der Waals surface area (Å²) in [6.07, 6.45) is 6.79. The van der Waals surface area contributed by atoms with Gasteiger partial charge in [0, 0.05) is 11.2 Å². The highest BCUT2D eigenvalue weighted by Crippen LogP contribution is 2.34. The molecule has 0 heterocycles. The van der Waals surface area contributed by atoms with Crippen molar-refractivity contribution >= 4 is 29.0 Å². The Morgan fingerprint density at radius 2 is 1.86 bits per heavy atom. The van der Waals surface area contributed by atoms with E-state index in [1.165, 1.54) is 31.1 Å². The number of ether oxygens (including phenoxy) is 1. The predicted molar refractivity (Wildman–Crippen MR) is 123 cm³/mol. The molecule has 0 bridgehead atoms. The van der Waals surface area contributed by atoms with E-state index in [4.69, 9.17) is 17.0 Å². The van der Waals surface area contributed by atoms with Gasteiger partial charge in [-0.05, 0) is 75.0 Å². The lowest BCUT2D eigenvalue weighted by molar-refractivity contribution is 0.0600. The van der Waals surface area contributed by atoms with Crippen molar-refractivity contribution in [3.05, 3.63) is 64.7 Å². The summed E-state index contributed by atoms with van der Waals surface area (Å²) >= 11 is 5.65. The minimum absolute atomic E-state index is 0.0295. The van der Waals surface area contributed by atoms with Crippen LogP contribution in [0.25, 0.3) is 0 Å². The lowest BCUT2D eigenvalue weighted by atomic mass is 9.89. The second-order valence-corrected chi connectivity index (χ2v) is 8.43. The molecule has 0 aromatic heterocycles. The first-order chi connectivity index (χ1) is 13.9. The van der Waals surface area contributed by atoms with Crippen LogP contribution in [-0.2, 0) is 11.2 Å². The van der Waals surface area contributed by atoms with E-state index in [0.717, 1.165) is 36.9 Å². The van der Waals surface area contributed by atoms with Gasteiger partial charge in [0.15, 0.2) is 5.11 Å². The number of thiocarbonyl (C=S) groups is 1. The molecule has 0 amide bonds. The number of methoxy groups -OCH3 is 1. The molecule has 2 aromatic carbocycles. The number of nitrogens with one attached hydrogen (secondary N) is 2. The van der Waals surface area contributed by atoms with Crippen LogP contribution in [0.15, 0.2) is 42.5 Å². The van der Waals surface area contributed by atoms with E-state index in [0.29, 0.717) is 10.7 Å². The van der Waals surface area contributed by atoms with Crippen LogP contribution in [0.2, 0.25) is 0 Å². The second-order valence-electron chi connectivity index (χ2n) is 8.03. The zero-order valence-corrected chi connectivity index (χ0v) is 18.3. The van der Waals surface area contributed by atoms with E-state index >= 15 is 0 Å². The summed E-state index contributed by atoms with van der Waals surface area (Å²) in [5, 5.41) is 7.53. The predicted octanol–water partition coefficient (Wildman–Crippen LogP) is 5.32. The smallest absolute Gasteiger partial charge is 0.338 e. The molecule has 0 atom stereocenters. The van der Waals surface area contributed by atoms with Gasteiger partial charge in [-0.25, -0.2) is 4.79 Å². The van der Waals surface area contributed by atoms with Gasteiger partial charge in [-0.1, -0.05) is 48.7 Å². The fourth-order valence-corrected chi connectivity index (χ4v) is 4.56. The summed E-state index contributed by atoms with van der Waals surface area (Å²) in [6, 6.07) is 14.3. The van der Waals surface area contributed by atoms with Crippen molar-refractivity contribution in [2.75, 3.05) is 12.4 Å². The van der Waals surface area contributed by atoms with Crippen molar-refractivity contribution in [1.29, 1.82) is 0 Å². The second kappa shape index (κ2) is 9.40. The molecule has 2 aromatic rings. The minimum atomic E-state index is -0.338. The van der Waals surface area contributed by atoms with Gasteiger partial charge < -0.3 is 15.4 Å². The van der Waals surface area contributed by atoms with Gasteiger partial charge in [-0.3, -0.25) is 0 Å². The van der Waals surface area contributed by atoms with Crippen LogP contribution in [-0.4, -0.2) is 23.7 Å². The van der Waals surface area contributed by atoms with Gasteiger partial charge in [0.1, 0.15) is 0 Å². The number of aryl methyl sites for hydroxylation is 2. The normalized spacial score (nSPS) is 15.0. The number of hydrogen-bond donors (Lipinski definition) is 2. The van der Waals surface area contributed by atoms with Gasteiger partial charge >= 0.3 is 5.97 Å². The minimum Gasteiger partial charge on any atom is -0.465 e. The highest BCUT2D eigenvalue weighted by molar-refractivity contribution is 7.80. The van der Waals surface area contributed by atoms with E-state index in [2.05, 4.69) is 41.8 Å². The number of benzene rings is 2. The maximum atomic E-state index is 11.9. The zero-order chi connectivity index (χ0) is 20.9. The van der Waals surface area contributed by atoms with Gasteiger partial charge in [0.05, 0.1) is 12.7 Å². The Kier molecular flexibility index (Phi) is 6.91. The van der Waals surface area contributed by atoms with E-state index in [-0.39, 0.29) is 11.5 Å². The molecule has 0 radical (unpaired) electrons. The lowest BCUT2D eigenvalue weighted by Crippen LogP contribution is -2.48. The van der Waals surface area contributed by atoms with Gasteiger partial charge in [-0.15, -0.1) is 0 Å². The van der Waals surface area contributed by atoms with Crippen molar-refractivity contribution in [3.8, 4) is 0 Å². The number of esters is 1. The topological polar surface area (TPSA) is 50.4 Å². The van der Waals surface area contributed by atoms with Crippen molar-refractivity contribution in [3.63, 3.8) is 0 Å². The van der Waals surface area contributed by atoms with E-state index in [1.54, 1.807) is 6.07 Å². The van der Waals surface area contributed by atoms with Crippen LogP contribution in [0.3, 0.4) is 0 Å². The van der Waals surface area contributed by atoms with Gasteiger partial charge in [0.2, 0.25) is 0 Å². The number of hydrogen-bond acceptors (Lipinski definition) is 3. The van der Waals surface area contributed by atoms with Crippen LogP contribution in [0.5, 0.6) is 0 Å². The monoisotopic (exact) mass is 410 g/mol. The largest absolute Gasteiger partial charge is 0.465 e. The quantitative estimate of drug-likeness (QED) is 0.498. The summed E-state index contributed by atoms with van der Waals surface area (Å²) < 4.78 is 4.87. The molecular formula is C24H30N2O2S. The molecule has 0 spiro atoms. The zero-order valence-electron chi connectivity index (χ0n) is 17.5. The van der Waals surface area contributed by atoms with E-state index < -0.39 is 0 Å². The fraction of sp³-hybridized carbons (Fsp3) is 0.417. The Hall–Kier alpha value is -2.40. The maximum Gasteiger partial charge on any atom is 0.338 e. The Labute approximate surface area is 179 Å². The molecule has 1 saturated carbocycles. The summed E-state index contributed by atoms with van der Waals surface area (Å²) in [5.74, 6) is -0.338. The average molecular weight is 411 g/mol.